The predicted octanol–water partition coefficient (Wildman–Crippen LogP) is 6.03. The van der Waals surface area contributed by atoms with Crippen molar-refractivity contribution in [2.75, 3.05) is 0 Å². The highest BCUT2D eigenvalue weighted by Crippen LogP contribution is 2.47. The van der Waals surface area contributed by atoms with E-state index < -0.39 is 5.41 Å². The summed E-state index contributed by atoms with van der Waals surface area (Å²) in [6.45, 7) is 4.36. The van der Waals surface area contributed by atoms with Crippen molar-refractivity contribution in [3.8, 4) is 0 Å². The molecule has 0 aliphatic heterocycles. The third-order valence-corrected chi connectivity index (χ3v) is 6.08. The molecule has 3 aromatic rings. The van der Waals surface area contributed by atoms with Gasteiger partial charge in [-0.15, -0.1) is 0 Å². The highest BCUT2D eigenvalue weighted by molar-refractivity contribution is 5.81. The third-order valence-electron chi connectivity index (χ3n) is 6.08. The van der Waals surface area contributed by atoms with Gasteiger partial charge in [-0.2, -0.15) is 0 Å². The number of nitrogens with one attached hydrogen (secondary N) is 1. The standard InChI is InChI=1S/C26H24N2/c1-18-11-12-23(19(2)17-18)26(25-27-15-16-28-25)14-13-20-7-3-4-8-21(20)22-9-5-6-10-24(22)26/h3,5-7,9-17H,4,8H2,1-2H3,(H,27,28). The van der Waals surface area contributed by atoms with Crippen molar-refractivity contribution in [1.82, 2.24) is 9.97 Å². The number of aromatic amines is 1. The van der Waals surface area contributed by atoms with Crippen LogP contribution < -0.4 is 0 Å². The van der Waals surface area contributed by atoms with Gasteiger partial charge in [-0.3, -0.25) is 0 Å². The Kier molecular flexibility index (Phi) is 3.94. The van der Waals surface area contributed by atoms with Crippen LogP contribution in [0.3, 0.4) is 0 Å². The smallest absolute Gasteiger partial charge is 0.125 e. The molecule has 0 bridgehead atoms. The Bertz CT molecular complexity index is 1130. The molecule has 0 saturated heterocycles. The number of fused-ring (bicyclic) bond motifs is 2. The second-order valence-corrected chi connectivity index (χ2v) is 7.82. The van der Waals surface area contributed by atoms with E-state index in [0.29, 0.717) is 0 Å². The molecule has 1 heterocycles. The number of nitrogens with zero attached hydrogens (tertiary/aromatic N) is 1. The molecule has 28 heavy (non-hydrogen) atoms. The molecule has 138 valence electrons. The SMILES string of the molecule is Cc1ccc(C2(c3ncc[nH]3)C=CC3=C(CCC=C3)c3ccccc32)c(C)c1. The van der Waals surface area contributed by atoms with Gasteiger partial charge in [0.2, 0.25) is 0 Å². The van der Waals surface area contributed by atoms with Crippen LogP contribution in [0.4, 0.5) is 0 Å². The number of rotatable bonds is 2. The number of hydrogen-bond donors (Lipinski definition) is 1. The van der Waals surface area contributed by atoms with E-state index >= 15 is 0 Å². The van der Waals surface area contributed by atoms with Crippen molar-refractivity contribution in [3.05, 3.63) is 118 Å². The average Bonchev–Trinajstić information content (AvgIpc) is 3.21. The first-order valence-electron chi connectivity index (χ1n) is 9.96. The summed E-state index contributed by atoms with van der Waals surface area (Å²) in [5.74, 6) is 0.965. The van der Waals surface area contributed by atoms with Crippen molar-refractivity contribution in [2.45, 2.75) is 32.1 Å². The lowest BCUT2D eigenvalue weighted by Crippen LogP contribution is -2.30. The number of imidazole rings is 1. The summed E-state index contributed by atoms with van der Waals surface area (Å²) in [6, 6.07) is 15.6. The molecule has 1 atom stereocenters. The largest absolute Gasteiger partial charge is 0.347 e. The maximum Gasteiger partial charge on any atom is 0.125 e. The fraction of sp³-hybridized carbons (Fsp3) is 0.192. The van der Waals surface area contributed by atoms with Gasteiger partial charge in [0.1, 0.15) is 5.82 Å². The summed E-state index contributed by atoms with van der Waals surface area (Å²) >= 11 is 0. The number of benzene rings is 2. The predicted molar refractivity (Wildman–Crippen MR) is 115 cm³/mol. The zero-order valence-electron chi connectivity index (χ0n) is 16.4. The molecule has 0 amide bonds. The number of hydrogen-bond acceptors (Lipinski definition) is 1. The molecule has 2 aromatic carbocycles. The molecule has 1 N–H and O–H groups in total. The number of allylic oxidation sites excluding steroid dienone is 6. The van der Waals surface area contributed by atoms with Crippen LogP contribution in [0, 0.1) is 13.8 Å². The highest BCUT2D eigenvalue weighted by atomic mass is 14.9. The van der Waals surface area contributed by atoms with E-state index in [9.17, 15) is 0 Å². The molecule has 1 unspecified atom stereocenters. The van der Waals surface area contributed by atoms with Gasteiger partial charge in [-0.25, -0.2) is 4.98 Å². The van der Waals surface area contributed by atoms with Gasteiger partial charge >= 0.3 is 0 Å². The lowest BCUT2D eigenvalue weighted by Gasteiger charge is -2.33. The Hall–Kier alpha value is -3.13. The molecule has 2 nitrogen and oxygen atoms in total. The van der Waals surface area contributed by atoms with Gasteiger partial charge in [0.05, 0.1) is 5.41 Å². The molecular formula is C26H24N2. The molecule has 2 aliphatic carbocycles. The summed E-state index contributed by atoms with van der Waals surface area (Å²) < 4.78 is 0. The van der Waals surface area contributed by atoms with Crippen LogP contribution in [0.5, 0.6) is 0 Å². The Morgan fingerprint density at radius 1 is 1.00 bits per heavy atom. The maximum atomic E-state index is 4.77. The van der Waals surface area contributed by atoms with E-state index in [1.54, 1.807) is 0 Å². The molecule has 2 aliphatic rings. The summed E-state index contributed by atoms with van der Waals surface area (Å²) in [4.78, 5) is 8.21. The van der Waals surface area contributed by atoms with E-state index in [0.717, 1.165) is 18.7 Å². The van der Waals surface area contributed by atoms with Crippen molar-refractivity contribution >= 4 is 5.57 Å². The zero-order valence-corrected chi connectivity index (χ0v) is 16.4. The van der Waals surface area contributed by atoms with Crippen LogP contribution in [0.15, 0.2) is 84.7 Å². The first kappa shape index (κ1) is 17.0. The van der Waals surface area contributed by atoms with E-state index in [2.05, 4.69) is 85.6 Å². The molecule has 0 spiro atoms. The molecule has 2 heteroatoms. The minimum atomic E-state index is -0.441. The van der Waals surface area contributed by atoms with Crippen molar-refractivity contribution < 1.29 is 0 Å². The Balaban J connectivity index is 1.90. The van der Waals surface area contributed by atoms with Gasteiger partial charge in [-0.1, -0.05) is 72.3 Å². The first-order valence-corrected chi connectivity index (χ1v) is 9.96. The summed E-state index contributed by atoms with van der Waals surface area (Å²) in [5.41, 5.74) is 8.79. The van der Waals surface area contributed by atoms with Crippen LogP contribution in [0.2, 0.25) is 0 Å². The summed E-state index contributed by atoms with van der Waals surface area (Å²) in [7, 11) is 0. The zero-order chi connectivity index (χ0) is 19.1. The monoisotopic (exact) mass is 364 g/mol. The van der Waals surface area contributed by atoms with Gasteiger partial charge in [0, 0.05) is 12.4 Å². The second kappa shape index (κ2) is 6.49. The quantitative estimate of drug-likeness (QED) is 0.590. The van der Waals surface area contributed by atoms with Gasteiger partial charge < -0.3 is 4.98 Å². The van der Waals surface area contributed by atoms with Crippen molar-refractivity contribution in [1.29, 1.82) is 0 Å². The Morgan fingerprint density at radius 2 is 1.89 bits per heavy atom. The minimum absolute atomic E-state index is 0.441. The average molecular weight is 364 g/mol. The molecule has 0 radical (unpaired) electrons. The fourth-order valence-electron chi connectivity index (χ4n) is 4.83. The van der Waals surface area contributed by atoms with Crippen LogP contribution >= 0.6 is 0 Å². The Labute approximate surface area is 166 Å². The van der Waals surface area contributed by atoms with Crippen LogP contribution in [-0.4, -0.2) is 9.97 Å². The van der Waals surface area contributed by atoms with E-state index in [-0.39, 0.29) is 0 Å². The minimum Gasteiger partial charge on any atom is -0.347 e. The lowest BCUT2D eigenvalue weighted by atomic mass is 9.70. The van der Waals surface area contributed by atoms with E-state index in [4.69, 9.17) is 4.98 Å². The molecular weight excluding hydrogens is 340 g/mol. The maximum absolute atomic E-state index is 4.77. The van der Waals surface area contributed by atoms with Gasteiger partial charge in [0.25, 0.3) is 0 Å². The van der Waals surface area contributed by atoms with Crippen LogP contribution in [0.1, 0.15) is 46.5 Å². The van der Waals surface area contributed by atoms with Gasteiger partial charge in [0.15, 0.2) is 0 Å². The van der Waals surface area contributed by atoms with Crippen molar-refractivity contribution in [2.24, 2.45) is 0 Å². The Morgan fingerprint density at radius 3 is 2.71 bits per heavy atom. The number of aryl methyl sites for hydroxylation is 2. The fourth-order valence-corrected chi connectivity index (χ4v) is 4.83. The molecule has 1 aromatic heterocycles. The number of aromatic nitrogens is 2. The topological polar surface area (TPSA) is 28.7 Å². The van der Waals surface area contributed by atoms with Crippen molar-refractivity contribution in [3.63, 3.8) is 0 Å². The van der Waals surface area contributed by atoms with Crippen LogP contribution in [-0.2, 0) is 5.41 Å². The normalized spacial score (nSPS) is 20.6. The molecule has 0 saturated carbocycles. The third kappa shape index (κ3) is 2.45. The van der Waals surface area contributed by atoms with Crippen LogP contribution in [0.25, 0.3) is 5.57 Å². The number of H-pyrrole nitrogens is 1. The highest BCUT2D eigenvalue weighted by Gasteiger charge is 2.40. The lowest BCUT2D eigenvalue weighted by molar-refractivity contribution is 0.712. The second-order valence-electron chi connectivity index (χ2n) is 7.82. The summed E-state index contributed by atoms with van der Waals surface area (Å²) in [6.07, 6.45) is 15.2. The van der Waals surface area contributed by atoms with E-state index in [1.165, 1.54) is 39.0 Å². The van der Waals surface area contributed by atoms with E-state index in [1.807, 2.05) is 12.4 Å². The first-order chi connectivity index (χ1) is 13.7. The van der Waals surface area contributed by atoms with Gasteiger partial charge in [-0.05, 0) is 60.1 Å². The summed E-state index contributed by atoms with van der Waals surface area (Å²) in [5, 5.41) is 0. The molecule has 0 fully saturated rings. The molecule has 5 rings (SSSR count).